The second-order valence-electron chi connectivity index (χ2n) is 5.82. The summed E-state index contributed by atoms with van der Waals surface area (Å²) in [7, 11) is 0. The van der Waals surface area contributed by atoms with Crippen LogP contribution in [-0.2, 0) is 4.74 Å². The van der Waals surface area contributed by atoms with Crippen molar-refractivity contribution in [3.8, 4) is 0 Å². The molecule has 2 rings (SSSR count). The molecule has 0 saturated heterocycles. The molecule has 1 heterocycles. The van der Waals surface area contributed by atoms with Crippen LogP contribution in [0.3, 0.4) is 0 Å². The van der Waals surface area contributed by atoms with Crippen LogP contribution >= 0.6 is 15.9 Å². The fourth-order valence-electron chi connectivity index (χ4n) is 1.77. The molecule has 6 heteroatoms. The first-order valence-corrected chi connectivity index (χ1v) is 7.40. The van der Waals surface area contributed by atoms with E-state index < -0.39 is 11.7 Å². The molecule has 1 N–H and O–H groups in total. The first kappa shape index (κ1) is 15.7. The fraction of sp³-hybridized carbons (Fsp3) is 0.400. The Morgan fingerprint density at radius 3 is 2.43 bits per heavy atom. The lowest BCUT2D eigenvalue weighted by atomic mass is 10.2. The van der Waals surface area contributed by atoms with Crippen molar-refractivity contribution < 1.29 is 9.53 Å². The maximum absolute atomic E-state index is 11.8. The number of carbonyl (C=O) groups excluding carboxylic acids is 1. The van der Waals surface area contributed by atoms with E-state index in [2.05, 4.69) is 31.2 Å². The van der Waals surface area contributed by atoms with Gasteiger partial charge in [-0.2, -0.15) is 0 Å². The van der Waals surface area contributed by atoms with Gasteiger partial charge >= 0.3 is 6.09 Å². The highest BCUT2D eigenvalue weighted by Gasteiger charge is 2.18. The van der Waals surface area contributed by atoms with Crippen LogP contribution in [0.1, 0.15) is 32.2 Å². The van der Waals surface area contributed by atoms with Gasteiger partial charge in [0.05, 0.1) is 27.1 Å². The molecule has 0 atom stereocenters. The summed E-state index contributed by atoms with van der Waals surface area (Å²) in [6.07, 6.45) is -0.501. The number of aromatic nitrogens is 2. The Kier molecular flexibility index (Phi) is 4.18. The normalized spacial score (nSPS) is 11.5. The standard InChI is InChI=1S/C15H18BrN3O2/c1-8-9(2)18-13-11(17-8)7-6-10(12(13)16)19-14(20)21-15(3,4)5/h6-7H,1-5H3,(H,19,20). The zero-order chi connectivity index (χ0) is 15.8. The van der Waals surface area contributed by atoms with Crippen molar-refractivity contribution in [3.63, 3.8) is 0 Å². The summed E-state index contributed by atoms with van der Waals surface area (Å²) in [5.74, 6) is 0. The number of amides is 1. The first-order chi connectivity index (χ1) is 9.67. The van der Waals surface area contributed by atoms with Gasteiger partial charge in [-0.05, 0) is 62.7 Å². The van der Waals surface area contributed by atoms with Gasteiger partial charge < -0.3 is 4.74 Å². The summed E-state index contributed by atoms with van der Waals surface area (Å²) in [6, 6.07) is 3.60. The van der Waals surface area contributed by atoms with Crippen molar-refractivity contribution in [1.82, 2.24) is 9.97 Å². The van der Waals surface area contributed by atoms with E-state index in [0.717, 1.165) is 16.9 Å². The van der Waals surface area contributed by atoms with E-state index in [1.165, 1.54) is 0 Å². The number of anilines is 1. The quantitative estimate of drug-likeness (QED) is 0.828. The van der Waals surface area contributed by atoms with E-state index in [-0.39, 0.29) is 0 Å². The second kappa shape index (κ2) is 5.60. The van der Waals surface area contributed by atoms with Crippen LogP contribution in [-0.4, -0.2) is 21.7 Å². The molecule has 0 fully saturated rings. The van der Waals surface area contributed by atoms with Crippen molar-refractivity contribution in [2.45, 2.75) is 40.2 Å². The largest absolute Gasteiger partial charge is 0.444 e. The van der Waals surface area contributed by atoms with Crippen molar-refractivity contribution in [2.24, 2.45) is 0 Å². The average molecular weight is 352 g/mol. The topological polar surface area (TPSA) is 64.1 Å². The number of carbonyl (C=O) groups is 1. The predicted molar refractivity (Wildman–Crippen MR) is 86.6 cm³/mol. The molecule has 0 radical (unpaired) electrons. The lowest BCUT2D eigenvalue weighted by Gasteiger charge is -2.20. The Labute approximate surface area is 132 Å². The molecular weight excluding hydrogens is 334 g/mol. The van der Waals surface area contributed by atoms with Crippen LogP contribution in [0, 0.1) is 13.8 Å². The predicted octanol–water partition coefficient (Wildman–Crippen LogP) is 4.36. The molecule has 5 nitrogen and oxygen atoms in total. The molecule has 0 aliphatic heterocycles. The molecule has 21 heavy (non-hydrogen) atoms. The second-order valence-corrected chi connectivity index (χ2v) is 6.61. The van der Waals surface area contributed by atoms with Crippen LogP contribution in [0.15, 0.2) is 16.6 Å². The number of hydrogen-bond acceptors (Lipinski definition) is 4. The summed E-state index contributed by atoms with van der Waals surface area (Å²) in [5.41, 5.74) is 3.31. The number of halogens is 1. The number of nitrogens with zero attached hydrogens (tertiary/aromatic N) is 2. The Hall–Kier alpha value is -1.69. The van der Waals surface area contributed by atoms with Gasteiger partial charge in [-0.25, -0.2) is 14.8 Å². The molecule has 1 amide bonds. The molecule has 0 bridgehead atoms. The Bertz CT molecular complexity index is 708. The number of hydrogen-bond donors (Lipinski definition) is 1. The van der Waals surface area contributed by atoms with E-state index in [9.17, 15) is 4.79 Å². The van der Waals surface area contributed by atoms with Crippen LogP contribution in [0.25, 0.3) is 11.0 Å². The molecule has 112 valence electrons. The number of rotatable bonds is 1. The van der Waals surface area contributed by atoms with Crippen LogP contribution in [0.4, 0.5) is 10.5 Å². The summed E-state index contributed by atoms with van der Waals surface area (Å²) in [4.78, 5) is 20.8. The number of benzene rings is 1. The van der Waals surface area contributed by atoms with E-state index >= 15 is 0 Å². The molecule has 0 aliphatic carbocycles. The Morgan fingerprint density at radius 1 is 1.19 bits per heavy atom. The average Bonchev–Trinajstić information content (AvgIpc) is 2.33. The monoisotopic (exact) mass is 351 g/mol. The summed E-state index contributed by atoms with van der Waals surface area (Å²) in [5, 5.41) is 2.72. The van der Waals surface area contributed by atoms with E-state index in [1.54, 1.807) is 6.07 Å². The van der Waals surface area contributed by atoms with Gasteiger partial charge in [-0.1, -0.05) is 0 Å². The third kappa shape index (κ3) is 3.69. The minimum atomic E-state index is -0.541. The number of ether oxygens (including phenoxy) is 1. The molecule has 1 aromatic heterocycles. The van der Waals surface area contributed by atoms with E-state index in [0.29, 0.717) is 15.7 Å². The van der Waals surface area contributed by atoms with Gasteiger partial charge in [-0.3, -0.25) is 5.32 Å². The van der Waals surface area contributed by atoms with Gasteiger partial charge in [0.25, 0.3) is 0 Å². The highest BCUT2D eigenvalue weighted by atomic mass is 79.9. The lowest BCUT2D eigenvalue weighted by Crippen LogP contribution is -2.27. The SMILES string of the molecule is Cc1nc2ccc(NC(=O)OC(C)(C)C)c(Br)c2nc1C. The van der Waals surface area contributed by atoms with Crippen LogP contribution in [0.5, 0.6) is 0 Å². The Balaban J connectivity index is 2.36. The molecule has 2 aromatic rings. The number of aryl methyl sites for hydroxylation is 2. The molecular formula is C15H18BrN3O2. The highest BCUT2D eigenvalue weighted by molar-refractivity contribution is 9.10. The van der Waals surface area contributed by atoms with Crippen LogP contribution < -0.4 is 5.32 Å². The van der Waals surface area contributed by atoms with Crippen molar-refractivity contribution in [1.29, 1.82) is 0 Å². The van der Waals surface area contributed by atoms with Gasteiger partial charge in [0.15, 0.2) is 0 Å². The smallest absolute Gasteiger partial charge is 0.412 e. The molecule has 0 unspecified atom stereocenters. The fourth-order valence-corrected chi connectivity index (χ4v) is 2.29. The zero-order valence-corrected chi connectivity index (χ0v) is 14.3. The minimum Gasteiger partial charge on any atom is -0.444 e. The lowest BCUT2D eigenvalue weighted by molar-refractivity contribution is 0.0636. The van der Waals surface area contributed by atoms with Crippen molar-refractivity contribution in [2.75, 3.05) is 5.32 Å². The van der Waals surface area contributed by atoms with Crippen LogP contribution in [0.2, 0.25) is 0 Å². The number of nitrogens with one attached hydrogen (secondary N) is 1. The molecule has 0 spiro atoms. The molecule has 0 aliphatic rings. The zero-order valence-electron chi connectivity index (χ0n) is 12.7. The van der Waals surface area contributed by atoms with E-state index in [4.69, 9.17) is 4.74 Å². The number of fused-ring (bicyclic) bond motifs is 1. The van der Waals surface area contributed by atoms with Gasteiger partial charge in [0.1, 0.15) is 11.1 Å². The molecule has 0 saturated carbocycles. The molecule has 1 aromatic carbocycles. The summed E-state index contributed by atoms with van der Waals surface area (Å²) in [6.45, 7) is 9.28. The first-order valence-electron chi connectivity index (χ1n) is 6.61. The Morgan fingerprint density at radius 2 is 1.81 bits per heavy atom. The summed E-state index contributed by atoms with van der Waals surface area (Å²) >= 11 is 3.48. The van der Waals surface area contributed by atoms with Crippen molar-refractivity contribution >= 4 is 38.7 Å². The van der Waals surface area contributed by atoms with Gasteiger partial charge in [-0.15, -0.1) is 0 Å². The minimum absolute atomic E-state index is 0.501. The van der Waals surface area contributed by atoms with Crippen molar-refractivity contribution in [3.05, 3.63) is 28.0 Å². The highest BCUT2D eigenvalue weighted by Crippen LogP contribution is 2.30. The third-order valence-electron chi connectivity index (χ3n) is 2.82. The van der Waals surface area contributed by atoms with Gasteiger partial charge in [0, 0.05) is 0 Å². The third-order valence-corrected chi connectivity index (χ3v) is 3.62. The summed E-state index contributed by atoms with van der Waals surface area (Å²) < 4.78 is 5.94. The maximum Gasteiger partial charge on any atom is 0.412 e. The van der Waals surface area contributed by atoms with E-state index in [1.807, 2.05) is 40.7 Å². The maximum atomic E-state index is 11.8. The van der Waals surface area contributed by atoms with Gasteiger partial charge in [0.2, 0.25) is 0 Å².